The summed E-state index contributed by atoms with van der Waals surface area (Å²) < 4.78 is 56.6. The van der Waals surface area contributed by atoms with Crippen LogP contribution in [0.25, 0.3) is 22.3 Å². The molecule has 4 aromatic rings. The number of aliphatic hydroxyl groups is 2. The minimum absolute atomic E-state index is 0.0167. The smallest absolute Gasteiger partial charge is 0.386 e. The standard InChI is InChI=1S/C20H26N10O10P2S2/c21-15-11-16(24-4-23-15)29(5-25-11)10-1-7(39-41(34)43)9(37-10)3-36-42(35,44)40-14-13(32)8(2-31)38-19(14)30-6-26-12-17(30)27-20(22)28-18(12)33/h4-10,13-14,19,31-32,41H,1-3H2,(H,34,43)(H,35,44)(H2,21,23,24)(H3,22,27,28,33)/t7-,8-,9-,10-,13?,14+,19-,42?/m1/s1. The number of hydrogen-bond acceptors (Lipinski definition) is 17. The van der Waals surface area contributed by atoms with Crippen LogP contribution in [0, 0.1) is 0 Å². The van der Waals surface area contributed by atoms with Gasteiger partial charge >= 0.3 is 6.80 Å². The maximum absolute atomic E-state index is 13.5. The molecule has 4 aromatic heterocycles. The van der Waals surface area contributed by atoms with Gasteiger partial charge in [-0.3, -0.25) is 32.5 Å². The van der Waals surface area contributed by atoms with Gasteiger partial charge in [-0.05, 0) is 0 Å². The summed E-state index contributed by atoms with van der Waals surface area (Å²) in [5, 5.41) is 20.6. The van der Waals surface area contributed by atoms with E-state index in [1.165, 1.54) is 23.5 Å². The van der Waals surface area contributed by atoms with Crippen LogP contribution < -0.4 is 17.0 Å². The van der Waals surface area contributed by atoms with Gasteiger partial charge in [-0.25, -0.2) is 24.5 Å². The lowest BCUT2D eigenvalue weighted by Gasteiger charge is -2.26. The number of fused-ring (bicyclic) bond motifs is 2. The van der Waals surface area contributed by atoms with Crippen molar-refractivity contribution < 1.29 is 42.4 Å². The molecule has 2 aliphatic heterocycles. The normalized spacial score (nSPS) is 29.4. The van der Waals surface area contributed by atoms with E-state index in [0.717, 1.165) is 0 Å². The van der Waals surface area contributed by atoms with Gasteiger partial charge in [0.1, 0.15) is 42.5 Å². The average molecular weight is 693 g/mol. The number of H-pyrrole nitrogens is 1. The molecule has 0 spiro atoms. The Morgan fingerprint density at radius 2 is 1.89 bits per heavy atom. The number of nitrogen functional groups attached to an aromatic ring is 2. The lowest BCUT2D eigenvalue weighted by atomic mass is 10.1. The maximum atomic E-state index is 13.5. The van der Waals surface area contributed by atoms with Crippen LogP contribution >= 0.6 is 38.5 Å². The highest BCUT2D eigenvalue weighted by Crippen LogP contribution is 2.57. The molecule has 9 atom stereocenters. The monoisotopic (exact) mass is 692 g/mol. The molecule has 20 nitrogen and oxygen atoms in total. The fourth-order valence-corrected chi connectivity index (χ4v) is 7.42. The zero-order valence-electron chi connectivity index (χ0n) is 22.2. The van der Waals surface area contributed by atoms with Crippen LogP contribution in [0.4, 0.5) is 11.8 Å². The van der Waals surface area contributed by atoms with E-state index in [-0.39, 0.29) is 29.4 Å². The van der Waals surface area contributed by atoms with Gasteiger partial charge in [0.15, 0.2) is 28.9 Å². The van der Waals surface area contributed by atoms with E-state index in [2.05, 4.69) is 54.4 Å². The number of hydrogen-bond donors (Lipinski definition) is 7. The van der Waals surface area contributed by atoms with Gasteiger partial charge in [0, 0.05) is 6.42 Å². The van der Waals surface area contributed by atoms with Gasteiger partial charge in [0.2, 0.25) is 13.2 Å². The van der Waals surface area contributed by atoms with E-state index >= 15 is 0 Å². The molecule has 24 heteroatoms. The summed E-state index contributed by atoms with van der Waals surface area (Å²) in [5.74, 6) is -0.0419. The first-order chi connectivity index (χ1) is 21.0. The Hall–Kier alpha value is -2.62. The number of imidazole rings is 2. The molecule has 238 valence electrons. The highest BCUT2D eigenvalue weighted by atomic mass is 32.7. The minimum Gasteiger partial charge on any atom is -0.394 e. The molecule has 6 heterocycles. The average Bonchev–Trinajstić information content (AvgIpc) is 3.73. The predicted octanol–water partition coefficient (Wildman–Crippen LogP) is -0.194. The highest BCUT2D eigenvalue weighted by molar-refractivity contribution is 8.44. The number of aliphatic hydroxyl groups excluding tert-OH is 2. The van der Waals surface area contributed by atoms with Crippen molar-refractivity contribution in [3.8, 4) is 0 Å². The van der Waals surface area contributed by atoms with Crippen LogP contribution in [-0.2, 0) is 32.2 Å². The van der Waals surface area contributed by atoms with E-state index in [1.54, 1.807) is 4.57 Å². The molecule has 0 aliphatic carbocycles. The number of aromatic nitrogens is 8. The SMILES string of the molecule is Nc1nc2c(ncn2[C@@H]2O[C@H](CO)C(O)[C@@H]2OP(=O)(S)OC[C@H]2O[C@@H](n3cnc4c(N)ncnc43)C[C@H]2O[PH](=O)S)c(=O)[nH]1. The Bertz CT molecular complexity index is 1820. The van der Waals surface area contributed by atoms with Crippen molar-refractivity contribution >= 4 is 72.6 Å². The predicted molar refractivity (Wildman–Crippen MR) is 158 cm³/mol. The third-order valence-electron chi connectivity index (χ3n) is 7.00. The maximum Gasteiger partial charge on any atom is 0.386 e. The number of nitrogens with one attached hydrogen (secondary N) is 1. The van der Waals surface area contributed by atoms with E-state index in [1.807, 2.05) is 0 Å². The molecular formula is C20H26N10O10P2S2. The highest BCUT2D eigenvalue weighted by Gasteiger charge is 2.49. The molecule has 0 radical (unpaired) electrons. The molecule has 0 amide bonds. The molecule has 6 rings (SSSR count). The van der Waals surface area contributed by atoms with E-state index < -0.39 is 75.8 Å². The summed E-state index contributed by atoms with van der Waals surface area (Å²) in [4.78, 5) is 35.0. The van der Waals surface area contributed by atoms with Crippen LogP contribution in [0.5, 0.6) is 0 Å². The number of nitrogens with zero attached hydrogens (tertiary/aromatic N) is 7. The van der Waals surface area contributed by atoms with Crippen LogP contribution in [0.2, 0.25) is 0 Å². The fourth-order valence-electron chi connectivity index (χ4n) is 5.04. The number of ether oxygens (including phenoxy) is 2. The molecule has 3 unspecified atom stereocenters. The molecule has 2 saturated heterocycles. The molecule has 7 N–H and O–H groups in total. The van der Waals surface area contributed by atoms with Crippen molar-refractivity contribution in [3.05, 3.63) is 29.3 Å². The molecule has 2 aliphatic rings. The van der Waals surface area contributed by atoms with Gasteiger partial charge in [-0.2, -0.15) is 4.98 Å². The van der Waals surface area contributed by atoms with Gasteiger partial charge in [0.05, 0.1) is 32.0 Å². The lowest BCUT2D eigenvalue weighted by Crippen LogP contribution is -2.35. The number of nitrogens with two attached hydrogens (primary N) is 2. The fraction of sp³-hybridized carbons (Fsp3) is 0.500. The van der Waals surface area contributed by atoms with E-state index in [9.17, 15) is 24.1 Å². The second-order valence-corrected chi connectivity index (χ2v) is 14.5. The van der Waals surface area contributed by atoms with Crippen molar-refractivity contribution in [2.24, 2.45) is 0 Å². The Morgan fingerprint density at radius 1 is 1.14 bits per heavy atom. The molecule has 0 saturated carbocycles. The van der Waals surface area contributed by atoms with E-state index in [0.29, 0.717) is 11.2 Å². The third kappa shape index (κ3) is 5.99. The molecular weight excluding hydrogens is 666 g/mol. The zero-order valence-corrected chi connectivity index (χ0v) is 25.9. The van der Waals surface area contributed by atoms with Gasteiger partial charge in [-0.1, -0.05) is 24.5 Å². The minimum atomic E-state index is -4.33. The lowest BCUT2D eigenvalue weighted by molar-refractivity contribution is -0.0518. The third-order valence-corrected chi connectivity index (χ3v) is 9.44. The van der Waals surface area contributed by atoms with Crippen LogP contribution in [0.1, 0.15) is 18.9 Å². The summed E-state index contributed by atoms with van der Waals surface area (Å²) in [5.41, 5.74) is 11.6. The molecule has 44 heavy (non-hydrogen) atoms. The largest absolute Gasteiger partial charge is 0.394 e. The molecule has 0 aromatic carbocycles. The van der Waals surface area contributed by atoms with E-state index in [4.69, 9.17) is 34.5 Å². The Labute approximate surface area is 257 Å². The Balaban J connectivity index is 1.20. The topological polar surface area (TPSA) is 280 Å². The van der Waals surface area contributed by atoms with Crippen LogP contribution in [-0.4, -0.2) is 93.0 Å². The Kier molecular flexibility index (Phi) is 8.76. The summed E-state index contributed by atoms with van der Waals surface area (Å²) >= 11 is 7.94. The van der Waals surface area contributed by atoms with Crippen molar-refractivity contribution in [1.29, 1.82) is 0 Å². The van der Waals surface area contributed by atoms with Gasteiger partial charge < -0.3 is 35.7 Å². The second-order valence-electron chi connectivity index (χ2n) is 9.72. The Morgan fingerprint density at radius 3 is 2.64 bits per heavy atom. The van der Waals surface area contributed by atoms with Crippen molar-refractivity contribution in [2.45, 2.75) is 49.4 Å². The van der Waals surface area contributed by atoms with Crippen molar-refractivity contribution in [2.75, 3.05) is 24.7 Å². The first kappa shape index (κ1) is 31.4. The van der Waals surface area contributed by atoms with Crippen molar-refractivity contribution in [1.82, 2.24) is 39.0 Å². The van der Waals surface area contributed by atoms with Gasteiger partial charge in [-0.15, -0.1) is 0 Å². The summed E-state index contributed by atoms with van der Waals surface area (Å²) in [6, 6.07) is 0. The quantitative estimate of drug-likeness (QED) is 0.0837. The zero-order chi connectivity index (χ0) is 31.3. The second kappa shape index (κ2) is 12.3. The first-order valence-corrected chi connectivity index (χ1v) is 18.1. The van der Waals surface area contributed by atoms with Crippen molar-refractivity contribution in [3.63, 3.8) is 0 Å². The first-order valence-electron chi connectivity index (χ1n) is 12.8. The molecule has 2 fully saturated rings. The van der Waals surface area contributed by atoms with Crippen LogP contribution in [0.15, 0.2) is 23.8 Å². The number of anilines is 2. The van der Waals surface area contributed by atoms with Crippen LogP contribution in [0.3, 0.4) is 0 Å². The molecule has 0 bridgehead atoms. The summed E-state index contributed by atoms with van der Waals surface area (Å²) in [6.45, 7) is -5.38. The summed E-state index contributed by atoms with van der Waals surface area (Å²) in [7, 11) is -2.74. The number of rotatable bonds is 10. The van der Waals surface area contributed by atoms with Gasteiger partial charge in [0.25, 0.3) is 5.56 Å². The summed E-state index contributed by atoms with van der Waals surface area (Å²) in [6.07, 6.45) is -3.85. The number of aromatic amines is 1. The number of thiol groups is 2.